The molecule has 8 heteroatoms. The molecule has 2 aromatic carbocycles. The van der Waals surface area contributed by atoms with Crippen LogP contribution in [0, 0.1) is 0 Å². The fraction of sp³-hybridized carbons (Fsp3) is 0.118. The maximum absolute atomic E-state index is 13.3. The van der Waals surface area contributed by atoms with Gasteiger partial charge in [0.15, 0.2) is 5.76 Å². The Kier molecular flexibility index (Phi) is 4.34. The Balaban J connectivity index is 2.18. The third-order valence-corrected chi connectivity index (χ3v) is 3.68. The van der Waals surface area contributed by atoms with Crippen molar-refractivity contribution in [1.82, 2.24) is 0 Å². The van der Waals surface area contributed by atoms with Gasteiger partial charge in [-0.3, -0.25) is 0 Å². The zero-order valence-electron chi connectivity index (χ0n) is 12.4. The fourth-order valence-electron chi connectivity index (χ4n) is 2.50. The van der Waals surface area contributed by atoms with E-state index in [1.165, 1.54) is 12.1 Å². The molecule has 1 N–H and O–H groups in total. The van der Waals surface area contributed by atoms with Gasteiger partial charge in [-0.05, 0) is 23.8 Å². The number of halogens is 4. The van der Waals surface area contributed by atoms with Crippen LogP contribution in [-0.2, 0) is 4.74 Å². The summed E-state index contributed by atoms with van der Waals surface area (Å²) in [6, 6.07) is 11.5. The van der Waals surface area contributed by atoms with Gasteiger partial charge in [-0.15, -0.1) is 0 Å². The van der Waals surface area contributed by atoms with E-state index in [1.807, 2.05) is 0 Å². The lowest BCUT2D eigenvalue weighted by Crippen LogP contribution is -2.39. The molecule has 0 aliphatic carbocycles. The number of ether oxygens (including phenoxy) is 2. The smallest absolute Gasteiger partial charge is 0.472 e. The van der Waals surface area contributed by atoms with Gasteiger partial charge in [0.05, 0.1) is 0 Å². The lowest BCUT2D eigenvalue weighted by molar-refractivity contribution is -0.191. The average molecular weight is 371 g/mol. The molecular formula is C17H10ClF3O4. The van der Waals surface area contributed by atoms with E-state index in [4.69, 9.17) is 21.4 Å². The van der Waals surface area contributed by atoms with Crippen molar-refractivity contribution in [3.8, 4) is 16.9 Å². The van der Waals surface area contributed by atoms with Crippen LogP contribution >= 0.6 is 11.6 Å². The second-order valence-electron chi connectivity index (χ2n) is 5.19. The van der Waals surface area contributed by atoms with E-state index in [2.05, 4.69) is 4.74 Å². The number of alkyl halides is 3. The van der Waals surface area contributed by atoms with E-state index < -0.39 is 24.2 Å². The van der Waals surface area contributed by atoms with Gasteiger partial charge in [0.2, 0.25) is 0 Å². The summed E-state index contributed by atoms with van der Waals surface area (Å²) in [5, 5.41) is 8.93. The van der Waals surface area contributed by atoms with Gasteiger partial charge in [-0.25, -0.2) is 4.79 Å². The second kappa shape index (κ2) is 6.33. The monoisotopic (exact) mass is 370 g/mol. The Morgan fingerprint density at radius 3 is 2.48 bits per heavy atom. The van der Waals surface area contributed by atoms with Crippen molar-refractivity contribution >= 4 is 23.8 Å². The molecule has 0 bridgehead atoms. The molecule has 25 heavy (non-hydrogen) atoms. The van der Waals surface area contributed by atoms with Crippen LogP contribution in [0.3, 0.4) is 0 Å². The van der Waals surface area contributed by atoms with Crippen LogP contribution in [-0.4, -0.2) is 23.5 Å². The summed E-state index contributed by atoms with van der Waals surface area (Å²) in [5.74, 6) is -0.913. The highest BCUT2D eigenvalue weighted by atomic mass is 35.5. The lowest BCUT2D eigenvalue weighted by Gasteiger charge is -2.29. The second-order valence-corrected chi connectivity index (χ2v) is 5.63. The minimum atomic E-state index is -4.85. The normalized spacial score (nSPS) is 16.5. The van der Waals surface area contributed by atoms with Crippen molar-refractivity contribution in [2.24, 2.45) is 0 Å². The van der Waals surface area contributed by atoms with Crippen molar-refractivity contribution in [2.75, 3.05) is 0 Å². The first-order chi connectivity index (χ1) is 11.8. The molecule has 0 saturated carbocycles. The molecule has 1 atom stereocenters. The molecule has 1 unspecified atom stereocenters. The van der Waals surface area contributed by atoms with Crippen molar-refractivity contribution in [1.29, 1.82) is 0 Å². The Morgan fingerprint density at radius 1 is 1.20 bits per heavy atom. The largest absolute Gasteiger partial charge is 0.511 e. The van der Waals surface area contributed by atoms with Crippen molar-refractivity contribution < 1.29 is 32.5 Å². The maximum Gasteiger partial charge on any atom is 0.511 e. The van der Waals surface area contributed by atoms with Crippen LogP contribution in [0.1, 0.15) is 5.56 Å². The van der Waals surface area contributed by atoms with E-state index in [0.717, 1.165) is 6.08 Å². The van der Waals surface area contributed by atoms with Crippen LogP contribution in [0.4, 0.5) is 18.0 Å². The molecule has 130 valence electrons. The molecule has 0 radical (unpaired) electrons. The zero-order chi connectivity index (χ0) is 18.2. The van der Waals surface area contributed by atoms with Gasteiger partial charge < -0.3 is 14.6 Å². The predicted octanol–water partition coefficient (Wildman–Crippen LogP) is 5.37. The Morgan fingerprint density at radius 2 is 1.88 bits per heavy atom. The molecule has 3 rings (SSSR count). The summed E-state index contributed by atoms with van der Waals surface area (Å²) < 4.78 is 49.2. The van der Waals surface area contributed by atoms with Gasteiger partial charge in [0, 0.05) is 16.1 Å². The highest BCUT2D eigenvalue weighted by Crippen LogP contribution is 2.44. The molecule has 0 amide bonds. The Bertz CT molecular complexity index is 847. The number of carboxylic acid groups (broad SMARTS) is 1. The van der Waals surface area contributed by atoms with Gasteiger partial charge in [-0.2, -0.15) is 13.2 Å². The SMILES string of the molecule is O=C(O)OC1=Cc2cc(Cl)cc(-c3ccccc3)c2OC1C(F)(F)F. The van der Waals surface area contributed by atoms with Crippen molar-refractivity contribution in [3.63, 3.8) is 0 Å². The van der Waals surface area contributed by atoms with Crippen LogP contribution in [0.15, 0.2) is 48.2 Å². The minimum Gasteiger partial charge on any atom is -0.472 e. The Labute approximate surface area is 145 Å². The Hall–Kier alpha value is -2.67. The highest BCUT2D eigenvalue weighted by Gasteiger charge is 2.48. The summed E-state index contributed by atoms with van der Waals surface area (Å²) in [5.41, 5.74) is 1.17. The molecule has 0 aromatic heterocycles. The summed E-state index contributed by atoms with van der Waals surface area (Å²) in [4.78, 5) is 10.7. The molecule has 0 saturated heterocycles. The van der Waals surface area contributed by atoms with Crippen molar-refractivity contribution in [3.05, 3.63) is 58.8 Å². The molecule has 1 aliphatic rings. The zero-order valence-corrected chi connectivity index (χ0v) is 13.1. The molecule has 2 aromatic rings. The van der Waals surface area contributed by atoms with Crippen LogP contribution in [0.2, 0.25) is 5.02 Å². The molecule has 0 spiro atoms. The number of hydrogen-bond acceptors (Lipinski definition) is 3. The molecule has 1 heterocycles. The standard InChI is InChI=1S/C17H10ClF3O4/c18-11-6-10-7-13(24-16(22)23)15(17(19,20)21)25-14(10)12(8-11)9-4-2-1-3-5-9/h1-8,15H,(H,22,23). The van der Waals surface area contributed by atoms with E-state index in [0.29, 0.717) is 11.1 Å². The third-order valence-electron chi connectivity index (χ3n) is 3.46. The number of rotatable bonds is 2. The average Bonchev–Trinajstić information content (AvgIpc) is 2.52. The van der Waals surface area contributed by atoms with E-state index in [9.17, 15) is 18.0 Å². The first kappa shape index (κ1) is 17.2. The summed E-state index contributed by atoms with van der Waals surface area (Å²) in [6.07, 6.45) is -8.27. The van der Waals surface area contributed by atoms with Crippen LogP contribution < -0.4 is 4.74 Å². The number of benzene rings is 2. The molecule has 0 fully saturated rings. The molecule has 1 aliphatic heterocycles. The number of fused-ring (bicyclic) bond motifs is 1. The molecular weight excluding hydrogens is 361 g/mol. The first-order valence-electron chi connectivity index (χ1n) is 7.00. The maximum atomic E-state index is 13.3. The van der Waals surface area contributed by atoms with E-state index >= 15 is 0 Å². The molecule has 4 nitrogen and oxygen atoms in total. The number of hydrogen-bond donors (Lipinski definition) is 1. The van der Waals surface area contributed by atoms with Gasteiger partial charge >= 0.3 is 12.3 Å². The van der Waals surface area contributed by atoms with Crippen LogP contribution in [0.5, 0.6) is 5.75 Å². The summed E-state index contributed by atoms with van der Waals surface area (Å²) in [7, 11) is 0. The van der Waals surface area contributed by atoms with E-state index in [-0.39, 0.29) is 16.3 Å². The first-order valence-corrected chi connectivity index (χ1v) is 7.38. The topological polar surface area (TPSA) is 55.8 Å². The minimum absolute atomic E-state index is 0.0457. The van der Waals surface area contributed by atoms with Crippen LogP contribution in [0.25, 0.3) is 17.2 Å². The fourth-order valence-corrected chi connectivity index (χ4v) is 2.73. The van der Waals surface area contributed by atoms with Gasteiger partial charge in [0.1, 0.15) is 5.75 Å². The lowest BCUT2D eigenvalue weighted by atomic mass is 9.98. The summed E-state index contributed by atoms with van der Waals surface area (Å²) in [6.45, 7) is 0. The highest BCUT2D eigenvalue weighted by molar-refractivity contribution is 6.31. The predicted molar refractivity (Wildman–Crippen MR) is 84.4 cm³/mol. The van der Waals surface area contributed by atoms with E-state index in [1.54, 1.807) is 30.3 Å². The number of carbonyl (C=O) groups is 1. The van der Waals surface area contributed by atoms with Gasteiger partial charge in [-0.1, -0.05) is 41.9 Å². The van der Waals surface area contributed by atoms with Gasteiger partial charge in [0.25, 0.3) is 6.10 Å². The quantitative estimate of drug-likeness (QED) is 0.722. The summed E-state index contributed by atoms with van der Waals surface area (Å²) >= 11 is 6.05. The van der Waals surface area contributed by atoms with Crippen molar-refractivity contribution in [2.45, 2.75) is 12.3 Å². The third kappa shape index (κ3) is 3.56.